The maximum atomic E-state index is 11.6. The molecule has 1 heterocycles. The lowest BCUT2D eigenvalue weighted by Gasteiger charge is -2.04. The highest BCUT2D eigenvalue weighted by Gasteiger charge is 2.24. The van der Waals surface area contributed by atoms with Gasteiger partial charge >= 0.3 is 5.97 Å². The molecule has 0 aromatic carbocycles. The molecule has 0 saturated heterocycles. The quantitative estimate of drug-likeness (QED) is 0.724. The number of carboxylic acid groups (broad SMARTS) is 1. The molecule has 16 heavy (non-hydrogen) atoms. The van der Waals surface area contributed by atoms with Crippen LogP contribution in [0.15, 0.2) is 22.3 Å². The fourth-order valence-corrected chi connectivity index (χ4v) is 2.31. The van der Waals surface area contributed by atoms with Crippen LogP contribution in [-0.2, 0) is 10.0 Å². The lowest BCUT2D eigenvalue weighted by molar-refractivity contribution is 0.0692. The first kappa shape index (κ1) is 12.9. The van der Waals surface area contributed by atoms with E-state index in [9.17, 15) is 13.2 Å². The van der Waals surface area contributed by atoms with Gasteiger partial charge in [-0.25, -0.2) is 17.9 Å². The number of carboxylic acids is 1. The molecule has 0 aliphatic heterocycles. The molecule has 1 aromatic heterocycles. The molecule has 0 atom stereocenters. The second-order valence-corrected chi connectivity index (χ2v) is 5.59. The van der Waals surface area contributed by atoms with E-state index in [4.69, 9.17) is 5.11 Å². The molecular formula is C7H8BrN3O4S. The third-order valence-electron chi connectivity index (χ3n) is 1.56. The Morgan fingerprint density at radius 3 is 2.81 bits per heavy atom. The topological polar surface area (TPSA) is 112 Å². The van der Waals surface area contributed by atoms with Crippen molar-refractivity contribution >= 4 is 31.9 Å². The lowest BCUT2D eigenvalue weighted by atomic mass is 10.4. The van der Waals surface area contributed by atoms with E-state index in [-0.39, 0.29) is 6.54 Å². The van der Waals surface area contributed by atoms with Crippen molar-refractivity contribution in [2.75, 3.05) is 6.54 Å². The third kappa shape index (κ3) is 2.90. The highest BCUT2D eigenvalue weighted by atomic mass is 79.9. The monoisotopic (exact) mass is 309 g/mol. The zero-order valence-corrected chi connectivity index (χ0v) is 10.3. The van der Waals surface area contributed by atoms with Crippen LogP contribution in [0.25, 0.3) is 0 Å². The SMILES string of the molecule is C=C(Br)CNS(=O)(=O)c1[nH]ncc1C(=O)O. The molecule has 0 amide bonds. The number of halogens is 1. The highest BCUT2D eigenvalue weighted by Crippen LogP contribution is 2.12. The lowest BCUT2D eigenvalue weighted by Crippen LogP contribution is -2.26. The fraction of sp³-hybridized carbons (Fsp3) is 0.143. The number of nitrogens with one attached hydrogen (secondary N) is 2. The van der Waals surface area contributed by atoms with Crippen LogP contribution in [0.4, 0.5) is 0 Å². The summed E-state index contributed by atoms with van der Waals surface area (Å²) in [6, 6.07) is 0. The van der Waals surface area contributed by atoms with E-state index < -0.39 is 26.6 Å². The molecule has 0 aliphatic carbocycles. The molecule has 0 radical (unpaired) electrons. The Labute approximate surface area is 99.7 Å². The van der Waals surface area contributed by atoms with Gasteiger partial charge in [0.15, 0.2) is 5.03 Å². The number of aromatic amines is 1. The molecule has 0 fully saturated rings. The van der Waals surface area contributed by atoms with E-state index in [0.29, 0.717) is 4.48 Å². The Hall–Kier alpha value is -1.19. The number of sulfonamides is 1. The summed E-state index contributed by atoms with van der Waals surface area (Å²) in [4.78, 5) is 10.7. The highest BCUT2D eigenvalue weighted by molar-refractivity contribution is 9.11. The van der Waals surface area contributed by atoms with E-state index in [1.54, 1.807) is 0 Å². The van der Waals surface area contributed by atoms with Crippen molar-refractivity contribution in [3.05, 3.63) is 22.8 Å². The normalized spacial score (nSPS) is 11.3. The molecule has 0 aliphatic rings. The van der Waals surface area contributed by atoms with Gasteiger partial charge in [-0.05, 0) is 0 Å². The van der Waals surface area contributed by atoms with Crippen molar-refractivity contribution in [3.63, 3.8) is 0 Å². The summed E-state index contributed by atoms with van der Waals surface area (Å²) in [5.74, 6) is -1.37. The largest absolute Gasteiger partial charge is 0.478 e. The summed E-state index contributed by atoms with van der Waals surface area (Å²) in [6.07, 6.45) is 0.930. The number of aromatic carboxylic acids is 1. The van der Waals surface area contributed by atoms with Crippen molar-refractivity contribution in [2.24, 2.45) is 0 Å². The molecule has 1 aromatic rings. The summed E-state index contributed by atoms with van der Waals surface area (Å²) in [7, 11) is -3.93. The molecule has 0 spiro atoms. The molecule has 0 bridgehead atoms. The van der Waals surface area contributed by atoms with Gasteiger partial charge in [-0.15, -0.1) is 0 Å². The molecule has 3 N–H and O–H groups in total. The molecule has 9 heteroatoms. The van der Waals surface area contributed by atoms with E-state index in [1.165, 1.54) is 0 Å². The van der Waals surface area contributed by atoms with E-state index in [2.05, 4.69) is 37.4 Å². The van der Waals surface area contributed by atoms with E-state index in [0.717, 1.165) is 6.20 Å². The van der Waals surface area contributed by atoms with Gasteiger partial charge in [-0.1, -0.05) is 22.5 Å². The molecule has 7 nitrogen and oxygen atoms in total. The number of aromatic nitrogens is 2. The summed E-state index contributed by atoms with van der Waals surface area (Å²) in [5, 5.41) is 13.7. The van der Waals surface area contributed by atoms with Crippen LogP contribution >= 0.6 is 15.9 Å². The van der Waals surface area contributed by atoms with Crippen molar-refractivity contribution in [3.8, 4) is 0 Å². The van der Waals surface area contributed by atoms with Crippen LogP contribution in [0.5, 0.6) is 0 Å². The predicted octanol–water partition coefficient (Wildman–Crippen LogP) is 0.295. The minimum absolute atomic E-state index is 0.0413. The summed E-state index contributed by atoms with van der Waals surface area (Å²) < 4.78 is 25.8. The Morgan fingerprint density at radius 1 is 1.69 bits per heavy atom. The van der Waals surface area contributed by atoms with Crippen molar-refractivity contribution in [1.29, 1.82) is 0 Å². The van der Waals surface area contributed by atoms with Gasteiger partial charge in [0.25, 0.3) is 10.0 Å². The van der Waals surface area contributed by atoms with Crippen molar-refractivity contribution < 1.29 is 18.3 Å². The van der Waals surface area contributed by atoms with Crippen LogP contribution in [0.3, 0.4) is 0 Å². The summed E-state index contributed by atoms with van der Waals surface area (Å²) in [6.45, 7) is 3.40. The van der Waals surface area contributed by atoms with Crippen LogP contribution in [0.1, 0.15) is 10.4 Å². The average Bonchev–Trinajstić information content (AvgIpc) is 2.63. The second kappa shape index (κ2) is 4.76. The molecule has 1 rings (SSSR count). The zero-order chi connectivity index (χ0) is 12.3. The fourth-order valence-electron chi connectivity index (χ4n) is 0.877. The minimum Gasteiger partial charge on any atom is -0.478 e. The first-order valence-corrected chi connectivity index (χ1v) is 6.22. The maximum absolute atomic E-state index is 11.6. The number of H-pyrrole nitrogens is 1. The van der Waals surface area contributed by atoms with Gasteiger partial charge in [-0.3, -0.25) is 5.10 Å². The van der Waals surface area contributed by atoms with Gasteiger partial charge in [0, 0.05) is 11.0 Å². The number of carbonyl (C=O) groups is 1. The Balaban J connectivity index is 3.03. The molecule has 0 unspecified atom stereocenters. The Kier molecular flexibility index (Phi) is 3.83. The predicted molar refractivity (Wildman–Crippen MR) is 58.8 cm³/mol. The van der Waals surface area contributed by atoms with Gasteiger partial charge in [0.05, 0.1) is 6.20 Å². The molecule has 88 valence electrons. The van der Waals surface area contributed by atoms with Gasteiger partial charge in [0.1, 0.15) is 5.56 Å². The number of nitrogens with zero attached hydrogens (tertiary/aromatic N) is 1. The first-order chi connectivity index (χ1) is 7.34. The summed E-state index contributed by atoms with van der Waals surface area (Å²) in [5.41, 5.74) is -0.410. The first-order valence-electron chi connectivity index (χ1n) is 3.94. The maximum Gasteiger partial charge on any atom is 0.340 e. The zero-order valence-electron chi connectivity index (χ0n) is 7.90. The van der Waals surface area contributed by atoms with Gasteiger partial charge < -0.3 is 5.11 Å². The van der Waals surface area contributed by atoms with Crippen molar-refractivity contribution in [2.45, 2.75) is 5.03 Å². The van der Waals surface area contributed by atoms with Gasteiger partial charge in [0.2, 0.25) is 0 Å². The van der Waals surface area contributed by atoms with Crippen molar-refractivity contribution in [1.82, 2.24) is 14.9 Å². The summed E-state index contributed by atoms with van der Waals surface area (Å²) >= 11 is 2.97. The Bertz CT molecular complexity index is 521. The standard InChI is InChI=1S/C7H8BrN3O4S/c1-4(8)2-10-16(14,15)6-5(7(12)13)3-9-11-6/h3,10H,1-2H2,(H,9,11)(H,12,13). The Morgan fingerprint density at radius 2 is 2.31 bits per heavy atom. The number of hydrogen-bond acceptors (Lipinski definition) is 4. The minimum atomic E-state index is -3.93. The van der Waals surface area contributed by atoms with Crippen LogP contribution in [0.2, 0.25) is 0 Å². The van der Waals surface area contributed by atoms with E-state index >= 15 is 0 Å². The number of hydrogen-bond donors (Lipinski definition) is 3. The second-order valence-electron chi connectivity index (χ2n) is 2.76. The molecule has 0 saturated carbocycles. The average molecular weight is 310 g/mol. The molecular weight excluding hydrogens is 302 g/mol. The van der Waals surface area contributed by atoms with Gasteiger partial charge in [-0.2, -0.15) is 5.10 Å². The van der Waals surface area contributed by atoms with E-state index in [1.807, 2.05) is 0 Å². The third-order valence-corrected chi connectivity index (χ3v) is 3.21. The van der Waals surface area contributed by atoms with Crippen LogP contribution < -0.4 is 4.72 Å². The van der Waals surface area contributed by atoms with Crippen LogP contribution in [-0.4, -0.2) is 36.2 Å². The number of rotatable bonds is 5. The smallest absolute Gasteiger partial charge is 0.340 e. The van der Waals surface area contributed by atoms with Crippen LogP contribution in [0, 0.1) is 0 Å².